The molecule has 4 nitrogen and oxygen atoms in total. The lowest BCUT2D eigenvalue weighted by Gasteiger charge is -2.05. The fraction of sp³-hybridized carbons (Fsp3) is 0.0909. The summed E-state index contributed by atoms with van der Waals surface area (Å²) in [7, 11) is -3.22. The van der Waals surface area contributed by atoms with Crippen molar-refractivity contribution in [2.24, 2.45) is 0 Å². The minimum absolute atomic E-state index is 0.564. The normalized spacial score (nSPS) is 11.3. The Hall–Kier alpha value is -1.75. The first-order chi connectivity index (χ1) is 7.54. The molecule has 0 aliphatic heterocycles. The van der Waals surface area contributed by atoms with Crippen LogP contribution >= 0.6 is 0 Å². The molecule has 5 heteroatoms. The van der Waals surface area contributed by atoms with E-state index in [1.54, 1.807) is 12.1 Å². The lowest BCUT2D eigenvalue weighted by molar-refractivity contribution is 0.607. The van der Waals surface area contributed by atoms with Crippen LogP contribution in [-0.4, -0.2) is 19.7 Å². The van der Waals surface area contributed by atoms with E-state index in [9.17, 15) is 8.42 Å². The Bertz CT molecular complexity index is 574. The zero-order valence-corrected chi connectivity index (χ0v) is 9.58. The predicted molar refractivity (Wildman–Crippen MR) is 64.7 cm³/mol. The molecule has 0 amide bonds. The summed E-state index contributed by atoms with van der Waals surface area (Å²) in [6.45, 7) is 0. The first-order valence-electron chi connectivity index (χ1n) is 4.76. The van der Waals surface area contributed by atoms with E-state index >= 15 is 0 Å². The minimum Gasteiger partial charge on any atom is -0.361 e. The van der Waals surface area contributed by atoms with Crippen LogP contribution in [0.25, 0.3) is 11.3 Å². The lowest BCUT2D eigenvalue weighted by Crippen LogP contribution is -2.09. The smallest absolute Gasteiger partial charge is 0.229 e. The third-order valence-electron chi connectivity index (χ3n) is 2.07. The monoisotopic (exact) mass is 236 g/mol. The van der Waals surface area contributed by atoms with Gasteiger partial charge in [0.05, 0.1) is 6.26 Å². The van der Waals surface area contributed by atoms with Gasteiger partial charge in [-0.05, 0) is 29.8 Å². The Morgan fingerprint density at radius 2 is 2.00 bits per heavy atom. The third-order valence-corrected chi connectivity index (χ3v) is 2.68. The summed E-state index contributed by atoms with van der Waals surface area (Å²) in [6, 6.07) is 11.1. The van der Waals surface area contributed by atoms with Gasteiger partial charge in [0, 0.05) is 17.6 Å². The Kier molecular flexibility index (Phi) is 2.70. The maximum atomic E-state index is 11.1. The lowest BCUT2D eigenvalue weighted by atomic mass is 10.1. The molecule has 0 unspecified atom stereocenters. The van der Waals surface area contributed by atoms with Crippen molar-refractivity contribution in [3.8, 4) is 11.3 Å². The van der Waals surface area contributed by atoms with Crippen molar-refractivity contribution in [3.63, 3.8) is 0 Å². The van der Waals surface area contributed by atoms with E-state index in [1.807, 2.05) is 30.5 Å². The van der Waals surface area contributed by atoms with Gasteiger partial charge in [0.25, 0.3) is 0 Å². The molecular formula is C11H12N2O2S. The predicted octanol–water partition coefficient (Wildman–Crippen LogP) is 2.05. The molecule has 2 rings (SSSR count). The second-order valence-corrected chi connectivity index (χ2v) is 5.29. The molecule has 0 aliphatic carbocycles. The first kappa shape index (κ1) is 10.8. The van der Waals surface area contributed by atoms with Gasteiger partial charge in [-0.3, -0.25) is 4.72 Å². The number of H-pyrrole nitrogens is 1. The van der Waals surface area contributed by atoms with Crippen molar-refractivity contribution in [3.05, 3.63) is 42.6 Å². The van der Waals surface area contributed by atoms with Gasteiger partial charge in [0.15, 0.2) is 0 Å². The molecule has 0 fully saturated rings. The van der Waals surface area contributed by atoms with Gasteiger partial charge in [0.2, 0.25) is 10.0 Å². The second kappa shape index (κ2) is 4.02. The number of nitrogens with one attached hydrogen (secondary N) is 2. The van der Waals surface area contributed by atoms with Crippen molar-refractivity contribution >= 4 is 15.7 Å². The first-order valence-corrected chi connectivity index (χ1v) is 6.65. The van der Waals surface area contributed by atoms with Crippen molar-refractivity contribution < 1.29 is 8.42 Å². The highest BCUT2D eigenvalue weighted by Crippen LogP contribution is 2.21. The quantitative estimate of drug-likeness (QED) is 0.856. The van der Waals surface area contributed by atoms with Gasteiger partial charge >= 0.3 is 0 Å². The number of hydrogen-bond donors (Lipinski definition) is 2. The van der Waals surface area contributed by atoms with Crippen LogP contribution in [0.1, 0.15) is 0 Å². The molecule has 16 heavy (non-hydrogen) atoms. The fourth-order valence-corrected chi connectivity index (χ4v) is 2.03. The SMILES string of the molecule is CS(=O)(=O)Nc1cccc(-c2ccc[nH]2)c1. The number of anilines is 1. The van der Waals surface area contributed by atoms with E-state index < -0.39 is 10.0 Å². The van der Waals surface area contributed by atoms with Crippen LogP contribution in [-0.2, 0) is 10.0 Å². The van der Waals surface area contributed by atoms with Gasteiger partial charge in [-0.2, -0.15) is 0 Å². The summed E-state index contributed by atoms with van der Waals surface area (Å²) < 4.78 is 24.6. The van der Waals surface area contributed by atoms with E-state index in [0.29, 0.717) is 5.69 Å². The molecule has 0 saturated heterocycles. The number of rotatable bonds is 3. The van der Waals surface area contributed by atoms with Gasteiger partial charge in [0.1, 0.15) is 0 Å². The van der Waals surface area contributed by atoms with Crippen LogP contribution in [0.3, 0.4) is 0 Å². The molecule has 0 atom stereocenters. The van der Waals surface area contributed by atoms with Crippen molar-refractivity contribution in [2.75, 3.05) is 11.0 Å². The highest BCUT2D eigenvalue weighted by Gasteiger charge is 2.03. The minimum atomic E-state index is -3.22. The maximum Gasteiger partial charge on any atom is 0.229 e. The van der Waals surface area contributed by atoms with Gasteiger partial charge in [-0.25, -0.2) is 8.42 Å². The molecule has 1 aromatic heterocycles. The topological polar surface area (TPSA) is 62.0 Å². The van der Waals surface area contributed by atoms with E-state index in [4.69, 9.17) is 0 Å². The number of sulfonamides is 1. The molecule has 0 radical (unpaired) electrons. The number of aromatic amines is 1. The standard InChI is InChI=1S/C11H12N2O2S/c1-16(14,15)13-10-5-2-4-9(8-10)11-6-3-7-12-11/h2-8,12-13H,1H3. The average Bonchev–Trinajstić information content (AvgIpc) is 2.68. The molecule has 0 spiro atoms. The largest absolute Gasteiger partial charge is 0.361 e. The summed E-state index contributed by atoms with van der Waals surface area (Å²) in [6.07, 6.45) is 2.96. The summed E-state index contributed by atoms with van der Waals surface area (Å²) in [5, 5.41) is 0. The third kappa shape index (κ3) is 2.64. The summed E-state index contributed by atoms with van der Waals surface area (Å²) >= 11 is 0. The molecular weight excluding hydrogens is 224 g/mol. The van der Waals surface area contributed by atoms with E-state index in [0.717, 1.165) is 17.5 Å². The number of benzene rings is 1. The molecule has 84 valence electrons. The molecule has 0 bridgehead atoms. The van der Waals surface area contributed by atoms with Crippen molar-refractivity contribution in [1.82, 2.24) is 4.98 Å². The zero-order chi connectivity index (χ0) is 11.6. The fourth-order valence-electron chi connectivity index (χ4n) is 1.47. The summed E-state index contributed by atoms with van der Waals surface area (Å²) in [5.41, 5.74) is 2.46. The Labute approximate surface area is 94.4 Å². The van der Waals surface area contributed by atoms with Crippen molar-refractivity contribution in [1.29, 1.82) is 0 Å². The van der Waals surface area contributed by atoms with Crippen molar-refractivity contribution in [2.45, 2.75) is 0 Å². The van der Waals surface area contributed by atoms with Crippen LogP contribution in [0.2, 0.25) is 0 Å². The average molecular weight is 236 g/mol. The highest BCUT2D eigenvalue weighted by molar-refractivity contribution is 7.92. The van der Waals surface area contributed by atoms with E-state index in [2.05, 4.69) is 9.71 Å². The Morgan fingerprint density at radius 1 is 1.19 bits per heavy atom. The van der Waals surface area contributed by atoms with Crippen LogP contribution in [0, 0.1) is 0 Å². The van der Waals surface area contributed by atoms with Gasteiger partial charge < -0.3 is 4.98 Å². The highest BCUT2D eigenvalue weighted by atomic mass is 32.2. The number of hydrogen-bond acceptors (Lipinski definition) is 2. The van der Waals surface area contributed by atoms with Crippen LogP contribution in [0.15, 0.2) is 42.6 Å². The molecule has 0 aliphatic rings. The van der Waals surface area contributed by atoms with E-state index in [1.165, 1.54) is 0 Å². The molecule has 2 aromatic rings. The van der Waals surface area contributed by atoms with Crippen LogP contribution in [0.4, 0.5) is 5.69 Å². The molecule has 2 N–H and O–H groups in total. The molecule has 0 saturated carbocycles. The summed E-state index contributed by atoms with van der Waals surface area (Å²) in [4.78, 5) is 3.07. The second-order valence-electron chi connectivity index (χ2n) is 3.54. The van der Waals surface area contributed by atoms with Crippen LogP contribution in [0.5, 0.6) is 0 Å². The van der Waals surface area contributed by atoms with E-state index in [-0.39, 0.29) is 0 Å². The Morgan fingerprint density at radius 3 is 2.62 bits per heavy atom. The number of aromatic nitrogens is 1. The molecule has 1 aromatic carbocycles. The maximum absolute atomic E-state index is 11.1. The molecule has 1 heterocycles. The zero-order valence-electron chi connectivity index (χ0n) is 8.77. The summed E-state index contributed by atoms with van der Waals surface area (Å²) in [5.74, 6) is 0. The van der Waals surface area contributed by atoms with Gasteiger partial charge in [-0.15, -0.1) is 0 Å². The van der Waals surface area contributed by atoms with Gasteiger partial charge in [-0.1, -0.05) is 12.1 Å². The van der Waals surface area contributed by atoms with Crippen LogP contribution < -0.4 is 4.72 Å². The Balaban J connectivity index is 2.34.